The van der Waals surface area contributed by atoms with Crippen molar-refractivity contribution in [3.63, 3.8) is 0 Å². The number of hydrogen-bond donors (Lipinski definition) is 1. The van der Waals surface area contributed by atoms with E-state index in [1.54, 1.807) is 43.3 Å². The molecule has 0 fully saturated rings. The van der Waals surface area contributed by atoms with E-state index in [2.05, 4.69) is 20.4 Å². The van der Waals surface area contributed by atoms with Crippen LogP contribution < -0.4 is 10.1 Å². The molecule has 140 valence electrons. The van der Waals surface area contributed by atoms with Crippen LogP contribution in [0.4, 0.5) is 5.82 Å². The number of aryl methyl sites for hydroxylation is 1. The number of pyridine rings is 1. The van der Waals surface area contributed by atoms with Crippen molar-refractivity contribution in [2.75, 3.05) is 5.32 Å². The molecule has 2 heterocycles. The molecular formula is C19H15N5O4. The number of hydrogen-bond acceptors (Lipinski definition) is 8. The van der Waals surface area contributed by atoms with E-state index in [0.29, 0.717) is 17.5 Å². The van der Waals surface area contributed by atoms with Crippen LogP contribution >= 0.6 is 0 Å². The molecule has 0 saturated heterocycles. The fourth-order valence-corrected chi connectivity index (χ4v) is 2.30. The van der Waals surface area contributed by atoms with Crippen molar-refractivity contribution in [1.29, 1.82) is 5.26 Å². The molecule has 3 rings (SSSR count). The molecule has 0 radical (unpaired) electrons. The largest absolute Gasteiger partial charge is 0.485 e. The molecule has 1 atom stereocenters. The molecule has 1 aromatic carbocycles. The van der Waals surface area contributed by atoms with E-state index in [-0.39, 0.29) is 18.0 Å². The van der Waals surface area contributed by atoms with Gasteiger partial charge in [-0.05, 0) is 36.4 Å². The van der Waals surface area contributed by atoms with E-state index in [0.717, 1.165) is 0 Å². The molecule has 0 aliphatic carbocycles. The van der Waals surface area contributed by atoms with Gasteiger partial charge in [0.05, 0.1) is 6.07 Å². The first-order chi connectivity index (χ1) is 13.6. The summed E-state index contributed by atoms with van der Waals surface area (Å²) in [6.07, 6.45) is 1.49. The van der Waals surface area contributed by atoms with Crippen molar-refractivity contribution in [2.45, 2.75) is 13.5 Å². The van der Waals surface area contributed by atoms with Gasteiger partial charge in [-0.25, -0.2) is 4.98 Å². The van der Waals surface area contributed by atoms with Crippen molar-refractivity contribution in [2.24, 2.45) is 5.92 Å². The van der Waals surface area contributed by atoms with Crippen LogP contribution in [0.15, 0.2) is 53.2 Å². The number of nitrogens with zero attached hydrogens (tertiary/aromatic N) is 4. The van der Waals surface area contributed by atoms with Crippen molar-refractivity contribution in [3.8, 4) is 11.8 Å². The summed E-state index contributed by atoms with van der Waals surface area (Å²) >= 11 is 0. The molecule has 1 amide bonds. The average molecular weight is 377 g/mol. The highest BCUT2D eigenvalue weighted by Crippen LogP contribution is 2.17. The SMILES string of the molecule is Cc1nc(COc2ccc(C(=O)C(C#N)C(=O)Nc3ccccn3)cc2)no1. The molecule has 0 aliphatic rings. The minimum atomic E-state index is -1.49. The topological polar surface area (TPSA) is 131 Å². The summed E-state index contributed by atoms with van der Waals surface area (Å²) in [6, 6.07) is 12.8. The smallest absolute Gasteiger partial charge is 0.250 e. The third kappa shape index (κ3) is 4.56. The van der Waals surface area contributed by atoms with E-state index >= 15 is 0 Å². The lowest BCUT2D eigenvalue weighted by Gasteiger charge is -2.10. The number of rotatable bonds is 7. The molecule has 0 spiro atoms. The summed E-state index contributed by atoms with van der Waals surface area (Å²) in [4.78, 5) is 32.7. The van der Waals surface area contributed by atoms with Gasteiger partial charge in [-0.1, -0.05) is 11.2 Å². The number of ketones is 1. The molecule has 9 nitrogen and oxygen atoms in total. The molecule has 0 aliphatic heterocycles. The number of Topliss-reactive ketones (excluding diaryl/α,β-unsaturated/α-hetero) is 1. The van der Waals surface area contributed by atoms with Crippen LogP contribution in [0.5, 0.6) is 5.75 Å². The number of carbonyl (C=O) groups excluding carboxylic acids is 2. The number of aromatic nitrogens is 3. The lowest BCUT2D eigenvalue weighted by molar-refractivity contribution is -0.117. The van der Waals surface area contributed by atoms with E-state index in [4.69, 9.17) is 9.26 Å². The number of nitriles is 1. The Balaban J connectivity index is 1.63. The minimum Gasteiger partial charge on any atom is -0.485 e. The van der Waals surface area contributed by atoms with Gasteiger partial charge in [-0.2, -0.15) is 10.2 Å². The second-order valence-electron chi connectivity index (χ2n) is 5.67. The molecule has 3 aromatic rings. The van der Waals surface area contributed by atoms with Gasteiger partial charge >= 0.3 is 0 Å². The van der Waals surface area contributed by atoms with Crippen molar-refractivity contribution >= 4 is 17.5 Å². The number of amides is 1. The Bertz CT molecular complexity index is 1010. The third-order valence-electron chi connectivity index (χ3n) is 3.65. The van der Waals surface area contributed by atoms with Crippen LogP contribution in [0.1, 0.15) is 22.1 Å². The summed E-state index contributed by atoms with van der Waals surface area (Å²) in [5.41, 5.74) is 0.213. The standard InChI is InChI=1S/C19H15N5O4/c1-12-22-17(24-28-12)11-27-14-7-5-13(6-8-14)18(25)15(10-20)19(26)23-16-4-2-3-9-21-16/h2-9,15H,11H2,1H3,(H,21,23,26). The van der Waals surface area contributed by atoms with Crippen LogP contribution in [0, 0.1) is 24.2 Å². The molecule has 28 heavy (non-hydrogen) atoms. The van der Waals surface area contributed by atoms with Gasteiger partial charge in [0.2, 0.25) is 11.7 Å². The Morgan fingerprint density at radius 3 is 2.64 bits per heavy atom. The summed E-state index contributed by atoms with van der Waals surface area (Å²) in [5, 5.41) is 15.4. The zero-order chi connectivity index (χ0) is 19.9. The molecule has 2 aromatic heterocycles. The van der Waals surface area contributed by atoms with Crippen molar-refractivity contribution in [1.82, 2.24) is 15.1 Å². The zero-order valence-electron chi connectivity index (χ0n) is 14.8. The zero-order valence-corrected chi connectivity index (χ0v) is 14.8. The predicted octanol–water partition coefficient (Wildman–Crippen LogP) is 2.31. The fraction of sp³-hybridized carbons (Fsp3) is 0.158. The maximum atomic E-state index is 12.5. The van der Waals surface area contributed by atoms with Crippen LogP contribution in [-0.2, 0) is 11.4 Å². The number of ether oxygens (including phenoxy) is 1. The number of anilines is 1. The van der Waals surface area contributed by atoms with Gasteiger partial charge in [-0.15, -0.1) is 0 Å². The number of benzene rings is 1. The average Bonchev–Trinajstić information content (AvgIpc) is 3.13. The lowest BCUT2D eigenvalue weighted by atomic mass is 9.98. The van der Waals surface area contributed by atoms with Crippen LogP contribution in [0.25, 0.3) is 0 Å². The van der Waals surface area contributed by atoms with Gasteiger partial charge in [0.1, 0.15) is 11.6 Å². The Kier molecular flexibility index (Phi) is 5.72. The molecule has 0 saturated carbocycles. The second kappa shape index (κ2) is 8.55. The summed E-state index contributed by atoms with van der Waals surface area (Å²) in [6.45, 7) is 1.78. The fourth-order valence-electron chi connectivity index (χ4n) is 2.30. The Morgan fingerprint density at radius 1 is 1.25 bits per heavy atom. The van der Waals surface area contributed by atoms with Gasteiger partial charge in [-0.3, -0.25) is 9.59 Å². The minimum absolute atomic E-state index is 0.109. The van der Waals surface area contributed by atoms with Gasteiger partial charge < -0.3 is 14.6 Å². The molecule has 1 unspecified atom stereocenters. The molecule has 1 N–H and O–H groups in total. The second-order valence-corrected chi connectivity index (χ2v) is 5.67. The normalized spacial score (nSPS) is 11.3. The monoisotopic (exact) mass is 377 g/mol. The quantitative estimate of drug-likeness (QED) is 0.490. The summed E-state index contributed by atoms with van der Waals surface area (Å²) in [7, 11) is 0. The molecule has 0 bridgehead atoms. The van der Waals surface area contributed by atoms with E-state index in [9.17, 15) is 14.9 Å². The van der Waals surface area contributed by atoms with Crippen LogP contribution in [0.3, 0.4) is 0 Å². The van der Waals surface area contributed by atoms with E-state index < -0.39 is 17.6 Å². The predicted molar refractivity (Wildman–Crippen MR) is 96.1 cm³/mol. The van der Waals surface area contributed by atoms with Crippen LogP contribution in [0.2, 0.25) is 0 Å². The first-order valence-corrected chi connectivity index (χ1v) is 8.24. The van der Waals surface area contributed by atoms with E-state index in [1.165, 1.54) is 18.3 Å². The van der Waals surface area contributed by atoms with Gasteiger partial charge in [0.15, 0.2) is 18.3 Å². The number of carbonyl (C=O) groups is 2. The molecule has 9 heteroatoms. The van der Waals surface area contributed by atoms with Gasteiger partial charge in [0.25, 0.3) is 5.91 Å². The Hall–Kier alpha value is -4.06. The molecular weight excluding hydrogens is 362 g/mol. The maximum Gasteiger partial charge on any atom is 0.250 e. The van der Waals surface area contributed by atoms with Crippen LogP contribution in [-0.4, -0.2) is 26.8 Å². The summed E-state index contributed by atoms with van der Waals surface area (Å²) < 4.78 is 10.4. The van der Waals surface area contributed by atoms with Crippen molar-refractivity contribution < 1.29 is 18.8 Å². The lowest BCUT2D eigenvalue weighted by Crippen LogP contribution is -2.29. The first kappa shape index (κ1) is 18.7. The highest BCUT2D eigenvalue weighted by Gasteiger charge is 2.27. The van der Waals surface area contributed by atoms with Crippen molar-refractivity contribution in [3.05, 3.63) is 65.9 Å². The highest BCUT2D eigenvalue weighted by atomic mass is 16.5. The third-order valence-corrected chi connectivity index (χ3v) is 3.65. The Morgan fingerprint density at radius 2 is 2.04 bits per heavy atom. The maximum absolute atomic E-state index is 12.5. The van der Waals surface area contributed by atoms with E-state index in [1.807, 2.05) is 0 Å². The number of nitrogens with one attached hydrogen (secondary N) is 1. The Labute approximate surface area is 160 Å². The summed E-state index contributed by atoms with van der Waals surface area (Å²) in [5.74, 6) is -1.27. The first-order valence-electron chi connectivity index (χ1n) is 8.24. The van der Waals surface area contributed by atoms with Gasteiger partial charge in [0, 0.05) is 18.7 Å². The highest BCUT2D eigenvalue weighted by molar-refractivity contribution is 6.15.